The van der Waals surface area contributed by atoms with E-state index in [-0.39, 0.29) is 6.04 Å². The van der Waals surface area contributed by atoms with Crippen LogP contribution in [0.25, 0.3) is 0 Å². The van der Waals surface area contributed by atoms with Gasteiger partial charge in [-0.3, -0.25) is 4.90 Å². The predicted molar refractivity (Wildman–Crippen MR) is 81.6 cm³/mol. The van der Waals surface area contributed by atoms with Crippen molar-refractivity contribution in [1.29, 1.82) is 0 Å². The molecule has 2 saturated carbocycles. The molecule has 0 bridgehead atoms. The predicted octanol–water partition coefficient (Wildman–Crippen LogP) is 3.54. The van der Waals surface area contributed by atoms with Crippen LogP contribution in [0.4, 0.5) is 10.5 Å². The summed E-state index contributed by atoms with van der Waals surface area (Å²) in [6.45, 7) is 0. The molecule has 2 fully saturated rings. The Morgan fingerprint density at radius 3 is 2.62 bits per heavy atom. The number of hydrogen-bond acceptors (Lipinski definition) is 2. The number of para-hydroxylation sites is 1. The first-order valence-corrected chi connectivity index (χ1v) is 8.13. The summed E-state index contributed by atoms with van der Waals surface area (Å²) in [6.07, 6.45) is 6.30. The van der Waals surface area contributed by atoms with Gasteiger partial charge in [-0.2, -0.15) is 0 Å². The Hall–Kier alpha value is -1.55. The van der Waals surface area contributed by atoms with Gasteiger partial charge in [-0.1, -0.05) is 31.0 Å². The van der Waals surface area contributed by atoms with Gasteiger partial charge in [0.25, 0.3) is 0 Å². The fourth-order valence-electron chi connectivity index (χ4n) is 4.34. The monoisotopic (exact) mass is 286 g/mol. The lowest BCUT2D eigenvalue weighted by molar-refractivity contribution is 0.187. The van der Waals surface area contributed by atoms with Crippen LogP contribution < -0.4 is 10.2 Å². The molecule has 2 N–H and O–H groups in total. The minimum Gasteiger partial charge on any atom is -0.465 e. The van der Waals surface area contributed by atoms with E-state index in [4.69, 9.17) is 0 Å². The van der Waals surface area contributed by atoms with Crippen molar-refractivity contribution in [1.82, 2.24) is 5.32 Å². The van der Waals surface area contributed by atoms with E-state index >= 15 is 0 Å². The molecule has 3 unspecified atom stereocenters. The van der Waals surface area contributed by atoms with Crippen molar-refractivity contribution in [3.63, 3.8) is 0 Å². The molecule has 1 aliphatic heterocycles. The Balaban J connectivity index is 1.75. The third-order valence-electron chi connectivity index (χ3n) is 5.55. The van der Waals surface area contributed by atoms with E-state index < -0.39 is 6.09 Å². The third kappa shape index (κ3) is 2.04. The Morgan fingerprint density at radius 2 is 1.90 bits per heavy atom. The molecular formula is C17H22N2O2. The smallest absolute Gasteiger partial charge is 0.412 e. The minimum atomic E-state index is -0.804. The maximum Gasteiger partial charge on any atom is 0.412 e. The Morgan fingerprint density at radius 1 is 1.14 bits per heavy atom. The zero-order valence-electron chi connectivity index (χ0n) is 12.2. The lowest BCUT2D eigenvalue weighted by atomic mass is 9.81. The lowest BCUT2D eigenvalue weighted by Gasteiger charge is -2.45. The van der Waals surface area contributed by atoms with E-state index in [9.17, 15) is 9.90 Å². The summed E-state index contributed by atoms with van der Waals surface area (Å²) in [5.41, 5.74) is 2.07. The molecule has 1 aromatic carbocycles. The number of hydrogen-bond donors (Lipinski definition) is 2. The Bertz CT molecular complexity index is 555. The minimum absolute atomic E-state index is 0.148. The molecule has 3 atom stereocenters. The summed E-state index contributed by atoms with van der Waals surface area (Å²) >= 11 is 0. The van der Waals surface area contributed by atoms with Crippen molar-refractivity contribution in [3.8, 4) is 0 Å². The van der Waals surface area contributed by atoms with Crippen LogP contribution in [-0.2, 0) is 0 Å². The van der Waals surface area contributed by atoms with Crippen LogP contribution in [0, 0.1) is 5.92 Å². The normalized spacial score (nSPS) is 31.4. The maximum absolute atomic E-state index is 11.8. The van der Waals surface area contributed by atoms with Crippen molar-refractivity contribution in [2.45, 2.75) is 56.7 Å². The van der Waals surface area contributed by atoms with Crippen LogP contribution >= 0.6 is 0 Å². The number of nitrogens with one attached hydrogen (secondary N) is 1. The van der Waals surface area contributed by atoms with Crippen LogP contribution in [0.5, 0.6) is 0 Å². The number of rotatable bonds is 2. The number of anilines is 1. The van der Waals surface area contributed by atoms with Crippen LogP contribution in [0.2, 0.25) is 0 Å². The number of amides is 1. The van der Waals surface area contributed by atoms with Crippen molar-refractivity contribution < 1.29 is 9.90 Å². The average molecular weight is 286 g/mol. The van der Waals surface area contributed by atoms with E-state index in [1.807, 2.05) is 18.2 Å². The summed E-state index contributed by atoms with van der Waals surface area (Å²) in [5, 5.41) is 13.5. The topological polar surface area (TPSA) is 52.6 Å². The Kier molecular flexibility index (Phi) is 3.14. The molecule has 3 aliphatic rings. The van der Waals surface area contributed by atoms with Crippen LogP contribution in [0.3, 0.4) is 0 Å². The van der Waals surface area contributed by atoms with Crippen molar-refractivity contribution in [2.75, 3.05) is 4.90 Å². The molecule has 4 heteroatoms. The van der Waals surface area contributed by atoms with Gasteiger partial charge in [0.2, 0.25) is 0 Å². The summed E-state index contributed by atoms with van der Waals surface area (Å²) in [6, 6.07) is 9.16. The third-order valence-corrected chi connectivity index (χ3v) is 5.55. The van der Waals surface area contributed by atoms with Gasteiger partial charge in [0.05, 0.1) is 5.69 Å². The molecule has 1 aromatic rings. The van der Waals surface area contributed by atoms with Gasteiger partial charge in [0, 0.05) is 18.1 Å². The fourth-order valence-corrected chi connectivity index (χ4v) is 4.34. The second-order valence-electron chi connectivity index (χ2n) is 6.65. The summed E-state index contributed by atoms with van der Waals surface area (Å²) in [4.78, 5) is 13.4. The first kappa shape index (κ1) is 13.1. The highest BCUT2D eigenvalue weighted by Gasteiger charge is 2.46. The van der Waals surface area contributed by atoms with Gasteiger partial charge in [-0.15, -0.1) is 0 Å². The highest BCUT2D eigenvalue weighted by atomic mass is 16.4. The molecular weight excluding hydrogens is 264 g/mol. The largest absolute Gasteiger partial charge is 0.465 e. The van der Waals surface area contributed by atoms with Gasteiger partial charge in [0.1, 0.15) is 0 Å². The van der Waals surface area contributed by atoms with Gasteiger partial charge < -0.3 is 10.4 Å². The maximum atomic E-state index is 11.8. The van der Waals surface area contributed by atoms with Crippen LogP contribution in [0.15, 0.2) is 24.3 Å². The second kappa shape index (κ2) is 5.02. The van der Waals surface area contributed by atoms with E-state index in [1.54, 1.807) is 4.90 Å². The standard InChI is InChI=1S/C17H22N2O2/c20-17(21)19-14-9-2-1-7-12(14)16(18-11-5-3-6-11)13-8-4-10-15(13)19/h1-2,7,9,11,13,15-16,18H,3-6,8,10H2,(H,20,21). The molecule has 2 aliphatic carbocycles. The number of carboxylic acid groups (broad SMARTS) is 1. The quantitative estimate of drug-likeness (QED) is 0.874. The van der Waals surface area contributed by atoms with E-state index in [1.165, 1.54) is 24.8 Å². The Labute approximate surface area is 125 Å². The fraction of sp³-hybridized carbons (Fsp3) is 0.588. The summed E-state index contributed by atoms with van der Waals surface area (Å²) < 4.78 is 0. The molecule has 0 saturated heterocycles. The highest BCUT2D eigenvalue weighted by Crippen LogP contribution is 2.48. The average Bonchev–Trinajstić information content (AvgIpc) is 2.89. The molecule has 0 radical (unpaired) electrons. The van der Waals surface area contributed by atoms with Gasteiger partial charge in [0.15, 0.2) is 0 Å². The van der Waals surface area contributed by atoms with Crippen LogP contribution in [0.1, 0.15) is 50.1 Å². The van der Waals surface area contributed by atoms with Gasteiger partial charge >= 0.3 is 6.09 Å². The number of fused-ring (bicyclic) bond motifs is 2. The second-order valence-corrected chi connectivity index (χ2v) is 6.65. The zero-order chi connectivity index (χ0) is 14.4. The lowest BCUT2D eigenvalue weighted by Crippen LogP contribution is -2.52. The zero-order valence-corrected chi connectivity index (χ0v) is 12.2. The molecule has 4 rings (SSSR count). The molecule has 0 aromatic heterocycles. The number of nitrogens with zero attached hydrogens (tertiary/aromatic N) is 1. The molecule has 1 heterocycles. The van der Waals surface area contributed by atoms with E-state index in [0.717, 1.165) is 24.9 Å². The first-order valence-electron chi connectivity index (χ1n) is 8.13. The van der Waals surface area contributed by atoms with Crippen molar-refractivity contribution in [2.24, 2.45) is 5.92 Å². The van der Waals surface area contributed by atoms with E-state index in [0.29, 0.717) is 18.0 Å². The van der Waals surface area contributed by atoms with Crippen molar-refractivity contribution >= 4 is 11.8 Å². The molecule has 0 spiro atoms. The molecule has 4 nitrogen and oxygen atoms in total. The number of carbonyl (C=O) groups is 1. The van der Waals surface area contributed by atoms with E-state index in [2.05, 4.69) is 11.4 Å². The van der Waals surface area contributed by atoms with Crippen LogP contribution in [-0.4, -0.2) is 23.3 Å². The van der Waals surface area contributed by atoms with Crippen molar-refractivity contribution in [3.05, 3.63) is 29.8 Å². The highest BCUT2D eigenvalue weighted by molar-refractivity contribution is 5.89. The SMILES string of the molecule is O=C(O)N1c2ccccc2C(NC2CCC2)C2CCCC21. The van der Waals surface area contributed by atoms with Gasteiger partial charge in [-0.25, -0.2) is 4.79 Å². The molecule has 21 heavy (non-hydrogen) atoms. The number of benzene rings is 1. The molecule has 112 valence electrons. The van der Waals surface area contributed by atoms with Gasteiger partial charge in [-0.05, 0) is 43.2 Å². The summed E-state index contributed by atoms with van der Waals surface area (Å²) in [7, 11) is 0. The summed E-state index contributed by atoms with van der Waals surface area (Å²) in [5.74, 6) is 0.427. The first-order chi connectivity index (χ1) is 10.3. The molecule has 1 amide bonds.